The Hall–Kier alpha value is -0.950. The molecule has 1 N–H and O–H groups in total. The highest BCUT2D eigenvalue weighted by Crippen LogP contribution is 2.00. The molecule has 1 aromatic heterocycles. The maximum absolute atomic E-state index is 8.45. The van der Waals surface area contributed by atoms with Gasteiger partial charge in [-0.2, -0.15) is 5.26 Å². The van der Waals surface area contributed by atoms with E-state index in [0.29, 0.717) is 6.42 Å². The predicted octanol–water partition coefficient (Wildman–Crippen LogP) is 1.47. The van der Waals surface area contributed by atoms with Crippen LogP contribution in [0.3, 0.4) is 0 Å². The number of nitriles is 1. The van der Waals surface area contributed by atoms with Crippen molar-refractivity contribution in [2.75, 3.05) is 5.75 Å². The minimum Gasteiger partial charge on any atom is -0.248 e. The van der Waals surface area contributed by atoms with Crippen LogP contribution in [0.1, 0.15) is 19.2 Å². The number of imidazole rings is 1. The first-order chi connectivity index (χ1) is 6.38. The van der Waals surface area contributed by atoms with Crippen LogP contribution in [0.25, 0.3) is 0 Å². The van der Waals surface area contributed by atoms with Crippen molar-refractivity contribution in [3.8, 4) is 6.07 Å². The Morgan fingerprint density at radius 2 is 2.54 bits per heavy atom. The fraction of sp³-hybridized carbons (Fsp3) is 0.556. The molecule has 1 heterocycles. The predicted molar refractivity (Wildman–Crippen MR) is 53.1 cm³/mol. The highest BCUT2D eigenvalue weighted by molar-refractivity contribution is 7.98. The standard InChI is InChI=1S/C9H13N3S/c1-2-13-8-12-7-6-11-9(12)4-3-5-10/h6-7H,2-4,8H2,1H3/p+1. The average molecular weight is 196 g/mol. The molecule has 0 saturated carbocycles. The second-order valence-electron chi connectivity index (χ2n) is 2.66. The third-order valence-electron chi connectivity index (χ3n) is 1.76. The van der Waals surface area contributed by atoms with Crippen LogP contribution in [-0.2, 0) is 12.3 Å². The number of hydrogen-bond donors (Lipinski definition) is 1. The van der Waals surface area contributed by atoms with Crippen molar-refractivity contribution in [1.29, 1.82) is 5.26 Å². The van der Waals surface area contributed by atoms with Gasteiger partial charge in [0.15, 0.2) is 0 Å². The van der Waals surface area contributed by atoms with Gasteiger partial charge in [-0.3, -0.25) is 0 Å². The van der Waals surface area contributed by atoms with E-state index in [1.165, 1.54) is 0 Å². The van der Waals surface area contributed by atoms with E-state index in [0.717, 1.165) is 23.9 Å². The monoisotopic (exact) mass is 196 g/mol. The van der Waals surface area contributed by atoms with Gasteiger partial charge in [0.25, 0.3) is 5.82 Å². The Morgan fingerprint density at radius 1 is 1.69 bits per heavy atom. The van der Waals surface area contributed by atoms with Crippen LogP contribution < -0.4 is 4.57 Å². The normalized spacial score (nSPS) is 9.85. The number of aromatic amines is 1. The summed E-state index contributed by atoms with van der Waals surface area (Å²) in [5.41, 5.74) is 0. The van der Waals surface area contributed by atoms with E-state index in [1.807, 2.05) is 24.2 Å². The molecule has 0 fully saturated rings. The summed E-state index contributed by atoms with van der Waals surface area (Å²) in [6.07, 6.45) is 5.34. The molecule has 0 aliphatic rings. The summed E-state index contributed by atoms with van der Waals surface area (Å²) < 4.78 is 2.16. The van der Waals surface area contributed by atoms with Crippen LogP contribution in [0.15, 0.2) is 12.4 Å². The van der Waals surface area contributed by atoms with E-state index in [-0.39, 0.29) is 0 Å². The van der Waals surface area contributed by atoms with E-state index >= 15 is 0 Å². The maximum Gasteiger partial charge on any atom is 0.255 e. The van der Waals surface area contributed by atoms with Gasteiger partial charge in [0.1, 0.15) is 18.3 Å². The van der Waals surface area contributed by atoms with Crippen molar-refractivity contribution < 1.29 is 4.57 Å². The minimum atomic E-state index is 0.581. The Kier molecular flexibility index (Phi) is 4.41. The lowest BCUT2D eigenvalue weighted by Gasteiger charge is -1.96. The second kappa shape index (κ2) is 5.65. The quantitative estimate of drug-likeness (QED) is 0.725. The van der Waals surface area contributed by atoms with Crippen LogP contribution in [0.5, 0.6) is 0 Å². The SMILES string of the molecule is CCSC[n+]1cc[nH]c1CCC#N. The maximum atomic E-state index is 8.45. The Labute approximate surface area is 82.8 Å². The van der Waals surface area contributed by atoms with Gasteiger partial charge in [-0.1, -0.05) is 6.92 Å². The molecule has 0 spiro atoms. The number of nitrogens with one attached hydrogen (secondary N) is 1. The Bertz CT molecular complexity index is 287. The first-order valence-corrected chi connectivity index (χ1v) is 5.54. The van der Waals surface area contributed by atoms with Gasteiger partial charge in [-0.15, -0.1) is 11.8 Å². The van der Waals surface area contributed by atoms with Crippen LogP contribution in [0.2, 0.25) is 0 Å². The van der Waals surface area contributed by atoms with Crippen molar-refractivity contribution in [2.45, 2.75) is 25.6 Å². The summed E-state index contributed by atoms with van der Waals surface area (Å²) in [4.78, 5) is 3.15. The van der Waals surface area contributed by atoms with E-state index in [4.69, 9.17) is 5.26 Å². The lowest BCUT2D eigenvalue weighted by atomic mass is 10.3. The summed E-state index contributed by atoms with van der Waals surface area (Å²) >= 11 is 1.87. The molecule has 0 aromatic carbocycles. The van der Waals surface area contributed by atoms with Crippen LogP contribution >= 0.6 is 11.8 Å². The third-order valence-corrected chi connectivity index (χ3v) is 2.63. The topological polar surface area (TPSA) is 43.5 Å². The lowest BCUT2D eigenvalue weighted by molar-refractivity contribution is -0.682. The van der Waals surface area contributed by atoms with Gasteiger partial charge in [0, 0.05) is 6.42 Å². The molecular weight excluding hydrogens is 182 g/mol. The molecule has 1 aromatic rings. The van der Waals surface area contributed by atoms with Crippen LogP contribution in [0.4, 0.5) is 0 Å². The number of thioether (sulfide) groups is 1. The molecule has 0 unspecified atom stereocenters. The van der Waals surface area contributed by atoms with Crippen molar-refractivity contribution in [1.82, 2.24) is 4.98 Å². The van der Waals surface area contributed by atoms with Crippen molar-refractivity contribution in [2.24, 2.45) is 0 Å². The van der Waals surface area contributed by atoms with Crippen molar-refractivity contribution >= 4 is 11.8 Å². The van der Waals surface area contributed by atoms with Gasteiger partial charge >= 0.3 is 0 Å². The summed E-state index contributed by atoms with van der Waals surface area (Å²) in [7, 11) is 0. The zero-order valence-corrected chi connectivity index (χ0v) is 8.60. The van der Waals surface area contributed by atoms with E-state index in [1.54, 1.807) is 0 Å². The van der Waals surface area contributed by atoms with Gasteiger partial charge < -0.3 is 0 Å². The second-order valence-corrected chi connectivity index (χ2v) is 3.90. The summed E-state index contributed by atoms with van der Waals surface area (Å²) in [5.74, 6) is 3.24. The summed E-state index contributed by atoms with van der Waals surface area (Å²) in [5, 5.41) is 8.45. The molecule has 13 heavy (non-hydrogen) atoms. The van der Waals surface area contributed by atoms with Gasteiger partial charge in [-0.25, -0.2) is 9.55 Å². The van der Waals surface area contributed by atoms with Crippen LogP contribution in [-0.4, -0.2) is 10.7 Å². The number of H-pyrrole nitrogens is 1. The molecule has 0 amide bonds. The van der Waals surface area contributed by atoms with Crippen molar-refractivity contribution in [3.63, 3.8) is 0 Å². The van der Waals surface area contributed by atoms with Gasteiger partial charge in [0.2, 0.25) is 0 Å². The first-order valence-electron chi connectivity index (χ1n) is 4.39. The molecule has 1 rings (SSSR count). The number of rotatable bonds is 5. The highest BCUT2D eigenvalue weighted by atomic mass is 32.2. The molecule has 0 atom stereocenters. The zero-order valence-electron chi connectivity index (χ0n) is 7.79. The fourth-order valence-corrected chi connectivity index (χ4v) is 1.72. The molecule has 4 heteroatoms. The first kappa shape index (κ1) is 10.1. The molecule has 0 saturated heterocycles. The summed E-state index contributed by atoms with van der Waals surface area (Å²) in [6, 6.07) is 2.15. The van der Waals surface area contributed by atoms with Gasteiger partial charge in [0.05, 0.1) is 12.5 Å². The molecular formula is C9H14N3S+. The number of nitrogens with zero attached hydrogens (tertiary/aromatic N) is 2. The summed E-state index contributed by atoms with van der Waals surface area (Å²) in [6.45, 7) is 2.15. The molecule has 0 aliphatic carbocycles. The molecule has 3 nitrogen and oxygen atoms in total. The highest BCUT2D eigenvalue weighted by Gasteiger charge is 2.08. The van der Waals surface area contributed by atoms with Crippen molar-refractivity contribution in [3.05, 3.63) is 18.2 Å². The van der Waals surface area contributed by atoms with Crippen LogP contribution in [0, 0.1) is 11.3 Å². The Morgan fingerprint density at radius 3 is 3.23 bits per heavy atom. The number of hydrogen-bond acceptors (Lipinski definition) is 2. The smallest absolute Gasteiger partial charge is 0.248 e. The molecule has 0 aliphatic heterocycles. The molecule has 0 radical (unpaired) electrons. The zero-order chi connectivity index (χ0) is 9.52. The number of aromatic nitrogens is 2. The third kappa shape index (κ3) is 3.11. The largest absolute Gasteiger partial charge is 0.255 e. The fourth-order valence-electron chi connectivity index (χ4n) is 1.10. The van der Waals surface area contributed by atoms with E-state index in [9.17, 15) is 0 Å². The minimum absolute atomic E-state index is 0.581. The average Bonchev–Trinajstić information content (AvgIpc) is 2.59. The van der Waals surface area contributed by atoms with E-state index in [2.05, 4.69) is 22.5 Å². The lowest BCUT2D eigenvalue weighted by Crippen LogP contribution is -2.34. The molecule has 70 valence electrons. The number of aryl methyl sites for hydroxylation is 1. The molecule has 0 bridgehead atoms. The van der Waals surface area contributed by atoms with E-state index < -0.39 is 0 Å². The Balaban J connectivity index is 2.51. The van der Waals surface area contributed by atoms with Gasteiger partial charge in [-0.05, 0) is 5.75 Å².